The predicted octanol–water partition coefficient (Wildman–Crippen LogP) is 3.03. The minimum absolute atomic E-state index is 0.399. The molecule has 2 heteroatoms. The van der Waals surface area contributed by atoms with Crippen LogP contribution in [0.3, 0.4) is 0 Å². The van der Waals surface area contributed by atoms with Crippen LogP contribution >= 0.6 is 0 Å². The zero-order valence-electron chi connectivity index (χ0n) is 12.0. The van der Waals surface area contributed by atoms with Crippen molar-refractivity contribution in [3.8, 4) is 0 Å². The summed E-state index contributed by atoms with van der Waals surface area (Å²) in [7, 11) is 0. The smallest absolute Gasteiger partial charge is 0.0303 e. The monoisotopic (exact) mass is 238 g/mol. The molecule has 2 fully saturated rings. The van der Waals surface area contributed by atoms with Gasteiger partial charge in [0.2, 0.25) is 0 Å². The number of hydrogen-bond donors (Lipinski definition) is 1. The summed E-state index contributed by atoms with van der Waals surface area (Å²) in [5.41, 5.74) is 0.399. The van der Waals surface area contributed by atoms with Gasteiger partial charge in [-0.3, -0.25) is 4.90 Å². The van der Waals surface area contributed by atoms with Crippen molar-refractivity contribution in [2.45, 2.75) is 70.9 Å². The van der Waals surface area contributed by atoms with Gasteiger partial charge in [0.25, 0.3) is 0 Å². The Bertz CT molecular complexity index is 235. The van der Waals surface area contributed by atoms with Crippen molar-refractivity contribution in [2.24, 2.45) is 5.92 Å². The number of nitrogens with one attached hydrogen (secondary N) is 1. The average molecular weight is 238 g/mol. The lowest BCUT2D eigenvalue weighted by Crippen LogP contribution is -2.51. The Morgan fingerprint density at radius 1 is 1.24 bits per heavy atom. The van der Waals surface area contributed by atoms with Crippen LogP contribution in [0.4, 0.5) is 0 Å². The van der Waals surface area contributed by atoms with E-state index >= 15 is 0 Å². The molecule has 1 heterocycles. The fraction of sp³-hybridized carbons (Fsp3) is 1.00. The fourth-order valence-corrected chi connectivity index (χ4v) is 3.53. The van der Waals surface area contributed by atoms with E-state index < -0.39 is 0 Å². The third-order valence-electron chi connectivity index (χ3n) is 5.00. The van der Waals surface area contributed by atoms with Crippen molar-refractivity contribution >= 4 is 0 Å². The van der Waals surface area contributed by atoms with Crippen molar-refractivity contribution in [3.63, 3.8) is 0 Å². The van der Waals surface area contributed by atoms with E-state index in [2.05, 4.69) is 31.0 Å². The normalized spacial score (nSPS) is 33.4. The van der Waals surface area contributed by atoms with Crippen molar-refractivity contribution in [2.75, 3.05) is 19.6 Å². The van der Waals surface area contributed by atoms with Gasteiger partial charge in [-0.25, -0.2) is 0 Å². The van der Waals surface area contributed by atoms with E-state index in [0.717, 1.165) is 12.0 Å². The number of nitrogens with zero attached hydrogens (tertiary/aromatic N) is 1. The summed E-state index contributed by atoms with van der Waals surface area (Å²) in [5.74, 6) is 1.02. The highest BCUT2D eigenvalue weighted by molar-refractivity contribution is 5.00. The van der Waals surface area contributed by atoms with Gasteiger partial charge < -0.3 is 5.32 Å². The summed E-state index contributed by atoms with van der Waals surface area (Å²) >= 11 is 0. The van der Waals surface area contributed by atoms with Crippen LogP contribution in [0.5, 0.6) is 0 Å². The third kappa shape index (κ3) is 3.03. The number of hydrogen-bond acceptors (Lipinski definition) is 2. The van der Waals surface area contributed by atoms with Gasteiger partial charge in [0.1, 0.15) is 0 Å². The Morgan fingerprint density at radius 2 is 2.00 bits per heavy atom. The Labute approximate surface area is 107 Å². The summed E-state index contributed by atoms with van der Waals surface area (Å²) < 4.78 is 0. The third-order valence-corrected chi connectivity index (χ3v) is 5.00. The lowest BCUT2D eigenvalue weighted by Gasteiger charge is -2.35. The molecule has 0 aromatic carbocycles. The first kappa shape index (κ1) is 13.4. The largest absolute Gasteiger partial charge is 0.310 e. The number of rotatable bonds is 5. The molecule has 17 heavy (non-hydrogen) atoms. The van der Waals surface area contributed by atoms with E-state index in [1.165, 1.54) is 58.2 Å². The standard InChI is InChI=1S/C15H30N2/c1-4-8-13-11-14(13)17-10-7-9-16-15(5-2,6-3)12-17/h13-14,16H,4-12H2,1-3H3. The van der Waals surface area contributed by atoms with Crippen LogP contribution in [0.1, 0.15) is 59.3 Å². The molecule has 1 aliphatic carbocycles. The van der Waals surface area contributed by atoms with E-state index in [4.69, 9.17) is 0 Å². The second-order valence-electron chi connectivity index (χ2n) is 6.09. The zero-order valence-corrected chi connectivity index (χ0v) is 12.0. The van der Waals surface area contributed by atoms with Crippen LogP contribution < -0.4 is 5.32 Å². The topological polar surface area (TPSA) is 15.3 Å². The van der Waals surface area contributed by atoms with E-state index in [0.29, 0.717) is 5.54 Å². The summed E-state index contributed by atoms with van der Waals surface area (Å²) in [6.45, 7) is 10.8. The molecule has 0 bridgehead atoms. The second-order valence-corrected chi connectivity index (χ2v) is 6.09. The van der Waals surface area contributed by atoms with E-state index in [1.807, 2.05) is 0 Å². The minimum Gasteiger partial charge on any atom is -0.310 e. The molecule has 2 unspecified atom stereocenters. The van der Waals surface area contributed by atoms with Gasteiger partial charge in [0.05, 0.1) is 0 Å². The molecule has 0 aromatic heterocycles. The fourth-order valence-electron chi connectivity index (χ4n) is 3.53. The van der Waals surface area contributed by atoms with Gasteiger partial charge >= 0.3 is 0 Å². The first-order valence-electron chi connectivity index (χ1n) is 7.73. The highest BCUT2D eigenvalue weighted by atomic mass is 15.2. The molecule has 1 aliphatic heterocycles. The van der Waals surface area contributed by atoms with E-state index in [-0.39, 0.29) is 0 Å². The summed E-state index contributed by atoms with van der Waals surface area (Å²) in [6, 6.07) is 0.923. The molecule has 2 atom stereocenters. The van der Waals surface area contributed by atoms with Crippen LogP contribution in [-0.2, 0) is 0 Å². The van der Waals surface area contributed by atoms with Crippen molar-refractivity contribution in [1.29, 1.82) is 0 Å². The molecule has 1 N–H and O–H groups in total. The first-order chi connectivity index (χ1) is 8.24. The lowest BCUT2D eigenvalue weighted by atomic mass is 9.92. The van der Waals surface area contributed by atoms with Crippen LogP contribution in [0.25, 0.3) is 0 Å². The maximum atomic E-state index is 3.81. The molecule has 2 nitrogen and oxygen atoms in total. The summed E-state index contributed by atoms with van der Waals surface area (Å²) in [4.78, 5) is 2.80. The van der Waals surface area contributed by atoms with Gasteiger partial charge in [-0.15, -0.1) is 0 Å². The van der Waals surface area contributed by atoms with Gasteiger partial charge in [0, 0.05) is 18.1 Å². The highest BCUT2D eigenvalue weighted by Gasteiger charge is 2.43. The van der Waals surface area contributed by atoms with Crippen molar-refractivity contribution in [3.05, 3.63) is 0 Å². The molecule has 0 radical (unpaired) electrons. The molecule has 2 aliphatic rings. The molecular weight excluding hydrogens is 208 g/mol. The molecule has 0 amide bonds. The molecule has 2 rings (SSSR count). The Balaban J connectivity index is 1.94. The second kappa shape index (κ2) is 5.71. The van der Waals surface area contributed by atoms with Crippen molar-refractivity contribution in [1.82, 2.24) is 10.2 Å². The van der Waals surface area contributed by atoms with E-state index in [9.17, 15) is 0 Å². The molecular formula is C15H30N2. The SMILES string of the molecule is CCCC1CC1N1CCCNC(CC)(CC)C1. The predicted molar refractivity (Wildman–Crippen MR) is 74.3 cm³/mol. The summed E-state index contributed by atoms with van der Waals surface area (Å²) in [6.07, 6.45) is 8.14. The maximum Gasteiger partial charge on any atom is 0.0303 e. The Morgan fingerprint density at radius 3 is 2.65 bits per heavy atom. The maximum absolute atomic E-state index is 3.81. The lowest BCUT2D eigenvalue weighted by molar-refractivity contribution is 0.182. The molecule has 100 valence electrons. The molecule has 0 aromatic rings. The highest BCUT2D eigenvalue weighted by Crippen LogP contribution is 2.40. The van der Waals surface area contributed by atoms with Crippen LogP contribution in [-0.4, -0.2) is 36.1 Å². The van der Waals surface area contributed by atoms with Gasteiger partial charge in [0.15, 0.2) is 0 Å². The van der Waals surface area contributed by atoms with Gasteiger partial charge in [-0.05, 0) is 51.1 Å². The quantitative estimate of drug-likeness (QED) is 0.792. The minimum atomic E-state index is 0.399. The Hall–Kier alpha value is -0.0800. The van der Waals surface area contributed by atoms with E-state index in [1.54, 1.807) is 0 Å². The first-order valence-corrected chi connectivity index (χ1v) is 7.73. The van der Waals surface area contributed by atoms with Gasteiger partial charge in [-0.2, -0.15) is 0 Å². The van der Waals surface area contributed by atoms with Crippen LogP contribution in [0.2, 0.25) is 0 Å². The van der Waals surface area contributed by atoms with Crippen LogP contribution in [0.15, 0.2) is 0 Å². The molecule has 0 spiro atoms. The summed E-state index contributed by atoms with van der Waals surface area (Å²) in [5, 5.41) is 3.81. The van der Waals surface area contributed by atoms with Crippen LogP contribution in [0, 0.1) is 5.92 Å². The van der Waals surface area contributed by atoms with Gasteiger partial charge in [-0.1, -0.05) is 27.2 Å². The average Bonchev–Trinajstić information content (AvgIpc) is 3.12. The van der Waals surface area contributed by atoms with Crippen molar-refractivity contribution < 1.29 is 0 Å². The molecule has 1 saturated heterocycles. The Kier molecular flexibility index (Phi) is 4.48. The zero-order chi connectivity index (χ0) is 12.3. The molecule has 1 saturated carbocycles.